The molecule has 0 aliphatic carbocycles. The van der Waals surface area contributed by atoms with Gasteiger partial charge in [-0.25, -0.2) is 4.39 Å². The fourth-order valence-corrected chi connectivity index (χ4v) is 4.24. The van der Waals surface area contributed by atoms with Gasteiger partial charge >= 0.3 is 0 Å². The maximum absolute atomic E-state index is 14.6. The SMILES string of the molecule is O=C1CCCN1[C@@H]1C[C@H](c2ccccc2)Nc2c(F)cc(Br)cc21. The lowest BCUT2D eigenvalue weighted by atomic mass is 9.88. The lowest BCUT2D eigenvalue weighted by Gasteiger charge is -2.38. The van der Waals surface area contributed by atoms with Crippen LogP contribution in [0.2, 0.25) is 0 Å². The van der Waals surface area contributed by atoms with Gasteiger partial charge in [0.2, 0.25) is 5.91 Å². The molecule has 1 amide bonds. The summed E-state index contributed by atoms with van der Waals surface area (Å²) in [4.78, 5) is 14.2. The van der Waals surface area contributed by atoms with Crippen LogP contribution < -0.4 is 5.32 Å². The van der Waals surface area contributed by atoms with Gasteiger partial charge in [0, 0.05) is 23.0 Å². The fraction of sp³-hybridized carbons (Fsp3) is 0.316. The average molecular weight is 389 g/mol. The van der Waals surface area contributed by atoms with Crippen LogP contribution in [0.15, 0.2) is 46.9 Å². The van der Waals surface area contributed by atoms with E-state index in [4.69, 9.17) is 0 Å². The minimum absolute atomic E-state index is 0.00669. The van der Waals surface area contributed by atoms with E-state index >= 15 is 0 Å². The Morgan fingerprint density at radius 2 is 2.00 bits per heavy atom. The van der Waals surface area contributed by atoms with Crippen LogP contribution in [0, 0.1) is 5.82 Å². The molecule has 2 atom stereocenters. The van der Waals surface area contributed by atoms with Crippen LogP contribution in [0.1, 0.15) is 42.5 Å². The van der Waals surface area contributed by atoms with Gasteiger partial charge < -0.3 is 10.2 Å². The molecule has 24 heavy (non-hydrogen) atoms. The molecule has 0 aromatic heterocycles. The van der Waals surface area contributed by atoms with Gasteiger partial charge in [-0.15, -0.1) is 0 Å². The number of likely N-dealkylation sites (tertiary alicyclic amines) is 1. The van der Waals surface area contributed by atoms with Gasteiger partial charge in [-0.05, 0) is 30.5 Å². The molecule has 0 bridgehead atoms. The number of fused-ring (bicyclic) bond motifs is 1. The summed E-state index contributed by atoms with van der Waals surface area (Å²) in [5.74, 6) is -0.114. The quantitative estimate of drug-likeness (QED) is 0.800. The Kier molecular flexibility index (Phi) is 4.04. The molecule has 2 aromatic rings. The number of rotatable bonds is 2. The van der Waals surface area contributed by atoms with Crippen LogP contribution in [0.5, 0.6) is 0 Å². The van der Waals surface area contributed by atoms with E-state index in [-0.39, 0.29) is 23.8 Å². The molecule has 0 spiro atoms. The van der Waals surface area contributed by atoms with Crippen LogP contribution >= 0.6 is 15.9 Å². The van der Waals surface area contributed by atoms with Crippen molar-refractivity contribution in [2.75, 3.05) is 11.9 Å². The Bertz CT molecular complexity index is 780. The monoisotopic (exact) mass is 388 g/mol. The number of hydrogen-bond acceptors (Lipinski definition) is 2. The van der Waals surface area contributed by atoms with Gasteiger partial charge in [-0.1, -0.05) is 46.3 Å². The third-order valence-corrected chi connectivity index (χ3v) is 5.37. The van der Waals surface area contributed by atoms with Crippen LogP contribution in [0.3, 0.4) is 0 Å². The number of nitrogens with one attached hydrogen (secondary N) is 1. The smallest absolute Gasteiger partial charge is 0.223 e. The fourth-order valence-electron chi connectivity index (χ4n) is 3.79. The van der Waals surface area contributed by atoms with E-state index in [2.05, 4.69) is 21.2 Å². The Morgan fingerprint density at radius 1 is 1.21 bits per heavy atom. The van der Waals surface area contributed by atoms with Crippen molar-refractivity contribution < 1.29 is 9.18 Å². The van der Waals surface area contributed by atoms with Crippen molar-refractivity contribution in [2.45, 2.75) is 31.3 Å². The zero-order valence-electron chi connectivity index (χ0n) is 13.1. The number of benzene rings is 2. The molecule has 2 aromatic carbocycles. The van der Waals surface area contributed by atoms with E-state index in [0.29, 0.717) is 16.6 Å². The molecule has 2 aliphatic rings. The van der Waals surface area contributed by atoms with Crippen molar-refractivity contribution in [2.24, 2.45) is 0 Å². The maximum atomic E-state index is 14.6. The molecule has 1 saturated heterocycles. The zero-order chi connectivity index (χ0) is 16.7. The number of nitrogens with zero attached hydrogens (tertiary/aromatic N) is 1. The number of halogens is 2. The van der Waals surface area contributed by atoms with E-state index < -0.39 is 0 Å². The lowest BCUT2D eigenvalue weighted by molar-refractivity contribution is -0.130. The second-order valence-corrected chi connectivity index (χ2v) is 7.32. The van der Waals surface area contributed by atoms with Crippen molar-refractivity contribution in [3.05, 3.63) is 63.9 Å². The van der Waals surface area contributed by atoms with E-state index in [1.165, 1.54) is 6.07 Å². The highest BCUT2D eigenvalue weighted by molar-refractivity contribution is 9.10. The minimum Gasteiger partial charge on any atom is -0.375 e. The van der Waals surface area contributed by atoms with Gasteiger partial charge in [0.15, 0.2) is 0 Å². The highest BCUT2D eigenvalue weighted by Gasteiger charge is 2.37. The average Bonchev–Trinajstić information content (AvgIpc) is 3.01. The van der Waals surface area contributed by atoms with E-state index in [1.54, 1.807) is 0 Å². The highest BCUT2D eigenvalue weighted by Crippen LogP contribution is 2.45. The summed E-state index contributed by atoms with van der Waals surface area (Å²) in [6.07, 6.45) is 2.22. The van der Waals surface area contributed by atoms with Crippen molar-refractivity contribution in [3.8, 4) is 0 Å². The van der Waals surface area contributed by atoms with E-state index in [9.17, 15) is 9.18 Å². The standard InChI is InChI=1S/C19H18BrFN2O/c20-13-9-14-17(23-8-4-7-18(23)24)11-16(12-5-2-1-3-6-12)22-19(14)15(21)10-13/h1-3,5-6,9-10,16-17,22H,4,7-8,11H2/t16-,17-/m1/s1. The van der Waals surface area contributed by atoms with Gasteiger partial charge in [0.25, 0.3) is 0 Å². The number of hydrogen-bond donors (Lipinski definition) is 1. The molecule has 3 nitrogen and oxygen atoms in total. The maximum Gasteiger partial charge on any atom is 0.223 e. The summed E-state index contributed by atoms with van der Waals surface area (Å²) in [5.41, 5.74) is 2.49. The van der Waals surface area contributed by atoms with Crippen LogP contribution in [-0.2, 0) is 4.79 Å². The van der Waals surface area contributed by atoms with E-state index in [1.807, 2.05) is 41.3 Å². The van der Waals surface area contributed by atoms with Gasteiger partial charge in [-0.3, -0.25) is 4.79 Å². The molecule has 4 rings (SSSR count). The summed E-state index contributed by atoms with van der Waals surface area (Å²) in [7, 11) is 0. The largest absolute Gasteiger partial charge is 0.375 e. The molecule has 0 radical (unpaired) electrons. The second kappa shape index (κ2) is 6.20. The molecular weight excluding hydrogens is 371 g/mol. The van der Waals surface area contributed by atoms with Gasteiger partial charge in [0.05, 0.1) is 17.8 Å². The van der Waals surface area contributed by atoms with Crippen molar-refractivity contribution >= 4 is 27.5 Å². The first kappa shape index (κ1) is 15.6. The van der Waals surface area contributed by atoms with Gasteiger partial charge in [0.1, 0.15) is 5.82 Å². The summed E-state index contributed by atoms with van der Waals surface area (Å²) >= 11 is 3.38. The van der Waals surface area contributed by atoms with Crippen molar-refractivity contribution in [1.29, 1.82) is 0 Å². The van der Waals surface area contributed by atoms with Crippen molar-refractivity contribution in [1.82, 2.24) is 4.90 Å². The third kappa shape index (κ3) is 2.71. The Balaban J connectivity index is 1.79. The lowest BCUT2D eigenvalue weighted by Crippen LogP contribution is -2.35. The van der Waals surface area contributed by atoms with Crippen LogP contribution in [0.4, 0.5) is 10.1 Å². The molecule has 2 aliphatic heterocycles. The molecule has 2 heterocycles. The predicted molar refractivity (Wildman–Crippen MR) is 95.2 cm³/mol. The number of carbonyl (C=O) groups excluding carboxylic acids is 1. The molecule has 5 heteroatoms. The molecular formula is C19H18BrFN2O. The first-order valence-electron chi connectivity index (χ1n) is 8.23. The van der Waals surface area contributed by atoms with Crippen LogP contribution in [-0.4, -0.2) is 17.4 Å². The van der Waals surface area contributed by atoms with Crippen molar-refractivity contribution in [3.63, 3.8) is 0 Å². The topological polar surface area (TPSA) is 32.3 Å². The summed E-state index contributed by atoms with van der Waals surface area (Å²) < 4.78 is 15.3. The first-order valence-corrected chi connectivity index (χ1v) is 9.02. The molecule has 0 saturated carbocycles. The number of anilines is 1. The summed E-state index contributed by atoms with van der Waals surface area (Å²) in [5, 5.41) is 3.34. The van der Waals surface area contributed by atoms with E-state index in [0.717, 1.165) is 30.5 Å². The Labute approximate surface area is 149 Å². The first-order chi connectivity index (χ1) is 11.6. The predicted octanol–water partition coefficient (Wildman–Crippen LogP) is 4.81. The molecule has 124 valence electrons. The minimum atomic E-state index is -0.281. The summed E-state index contributed by atoms with van der Waals surface area (Å²) in [6.45, 7) is 0.749. The molecule has 0 unspecified atom stereocenters. The highest BCUT2D eigenvalue weighted by atomic mass is 79.9. The van der Waals surface area contributed by atoms with Gasteiger partial charge in [-0.2, -0.15) is 0 Å². The number of carbonyl (C=O) groups is 1. The third-order valence-electron chi connectivity index (χ3n) is 4.91. The summed E-state index contributed by atoms with van der Waals surface area (Å²) in [6, 6.07) is 13.3. The zero-order valence-corrected chi connectivity index (χ0v) is 14.7. The van der Waals surface area contributed by atoms with Crippen LogP contribution in [0.25, 0.3) is 0 Å². The molecule has 1 N–H and O–H groups in total. The Hall–Kier alpha value is -1.88. The second-order valence-electron chi connectivity index (χ2n) is 6.40. The Morgan fingerprint density at radius 3 is 2.71 bits per heavy atom. The number of amides is 1. The molecule has 1 fully saturated rings. The normalized spacial score (nSPS) is 23.1.